The molecule has 4 rings (SSSR count). The van der Waals surface area contributed by atoms with Crippen molar-refractivity contribution in [3.05, 3.63) is 72.4 Å². The highest BCUT2D eigenvalue weighted by Crippen LogP contribution is 2.28. The molecule has 2 aromatic heterocycles. The van der Waals surface area contributed by atoms with E-state index in [1.165, 1.54) is 25.5 Å². The molecule has 0 aliphatic heterocycles. The Bertz CT molecular complexity index is 1490. The molecule has 0 spiro atoms. The lowest BCUT2D eigenvalue weighted by molar-refractivity contribution is 0.252. The number of ether oxygens (including phenoxy) is 3. The molecular formula is C27H29FN8O4. The Labute approximate surface area is 230 Å². The summed E-state index contributed by atoms with van der Waals surface area (Å²) in [5.41, 5.74) is 3.68. The Balaban J connectivity index is 1.38. The van der Waals surface area contributed by atoms with Gasteiger partial charge in [-0.2, -0.15) is 5.10 Å². The first kappa shape index (κ1) is 28.0. The molecule has 12 nitrogen and oxygen atoms in total. The average Bonchev–Trinajstić information content (AvgIpc) is 3.42. The monoisotopic (exact) mass is 548 g/mol. The number of hydrazone groups is 1. The number of rotatable bonds is 11. The zero-order valence-corrected chi connectivity index (χ0v) is 22.5. The minimum absolute atomic E-state index is 0.0275. The van der Waals surface area contributed by atoms with E-state index in [0.717, 1.165) is 12.6 Å². The first-order valence-corrected chi connectivity index (χ1v) is 12.1. The molecule has 0 saturated heterocycles. The molecule has 0 bridgehead atoms. The van der Waals surface area contributed by atoms with Crippen molar-refractivity contribution in [1.82, 2.24) is 30.1 Å². The number of hydrogen-bond acceptors (Lipinski definition) is 9. The smallest absolute Gasteiger partial charge is 0.339 e. The van der Waals surface area contributed by atoms with Gasteiger partial charge in [0.05, 0.1) is 20.4 Å². The number of nitrogens with one attached hydrogen (secondary N) is 2. The van der Waals surface area contributed by atoms with Crippen LogP contribution in [0.2, 0.25) is 0 Å². The van der Waals surface area contributed by atoms with Crippen LogP contribution < -0.4 is 25.0 Å². The molecule has 2 N–H and O–H groups in total. The number of carbonyl (C=O) groups is 1. The first-order chi connectivity index (χ1) is 19.4. The van der Waals surface area contributed by atoms with Gasteiger partial charge in [-0.1, -0.05) is 0 Å². The molecule has 4 aromatic rings. The van der Waals surface area contributed by atoms with E-state index in [0.29, 0.717) is 40.9 Å². The van der Waals surface area contributed by atoms with Crippen molar-refractivity contribution in [2.24, 2.45) is 5.10 Å². The van der Waals surface area contributed by atoms with Gasteiger partial charge in [-0.3, -0.25) is 4.98 Å². The maximum absolute atomic E-state index is 14.8. The number of benzene rings is 2. The molecule has 13 heteroatoms. The van der Waals surface area contributed by atoms with Crippen molar-refractivity contribution in [2.45, 2.75) is 6.54 Å². The molecule has 208 valence electrons. The highest BCUT2D eigenvalue weighted by molar-refractivity contribution is 5.91. The zero-order valence-electron chi connectivity index (χ0n) is 22.5. The predicted molar refractivity (Wildman–Crippen MR) is 148 cm³/mol. The molecule has 2 aromatic carbocycles. The minimum Gasteiger partial charge on any atom is -0.497 e. The van der Waals surface area contributed by atoms with Crippen LogP contribution in [-0.4, -0.2) is 71.8 Å². The molecule has 0 fully saturated rings. The number of amides is 2. The van der Waals surface area contributed by atoms with Crippen molar-refractivity contribution < 1.29 is 23.4 Å². The summed E-state index contributed by atoms with van der Waals surface area (Å²) in [5, 5.41) is 14.6. The normalized spacial score (nSPS) is 11.1. The van der Waals surface area contributed by atoms with Crippen molar-refractivity contribution in [3.8, 4) is 34.5 Å². The number of halogens is 1. The van der Waals surface area contributed by atoms with Crippen LogP contribution in [0.5, 0.6) is 23.0 Å². The fourth-order valence-corrected chi connectivity index (χ4v) is 3.57. The Morgan fingerprint density at radius 2 is 1.90 bits per heavy atom. The summed E-state index contributed by atoms with van der Waals surface area (Å²) in [7, 11) is 7.03. The summed E-state index contributed by atoms with van der Waals surface area (Å²) in [6.45, 7) is 1.48. The van der Waals surface area contributed by atoms with Crippen LogP contribution in [0.4, 0.5) is 14.9 Å². The second kappa shape index (κ2) is 13.2. The molecule has 0 atom stereocenters. The Kier molecular flexibility index (Phi) is 9.20. The van der Waals surface area contributed by atoms with Gasteiger partial charge >= 0.3 is 6.03 Å². The van der Waals surface area contributed by atoms with E-state index in [-0.39, 0.29) is 11.4 Å². The summed E-state index contributed by atoms with van der Waals surface area (Å²) in [5.74, 6) is 1.40. The standard InChI is InChI=1S/C27H29FN8O4/c1-35(2)11-12-36-17-31-33-26(36)23-15-21(9-10-29-23)40-25-7-5-19(14-22(25)28)32-27(37)34-30-16-18-13-20(38-3)6-8-24(18)39-4/h5-10,13-17H,11-12H2,1-4H3,(H2,32,34,37)/b30-16+. The number of hydrogen-bond donors (Lipinski definition) is 2. The Morgan fingerprint density at radius 3 is 2.65 bits per heavy atom. The van der Waals surface area contributed by atoms with Crippen molar-refractivity contribution >= 4 is 17.9 Å². The lowest BCUT2D eigenvalue weighted by Gasteiger charge is -2.12. The molecule has 2 heterocycles. The fourth-order valence-electron chi connectivity index (χ4n) is 3.57. The topological polar surface area (TPSA) is 128 Å². The van der Waals surface area contributed by atoms with Gasteiger partial charge in [-0.05, 0) is 50.5 Å². The van der Waals surface area contributed by atoms with Gasteiger partial charge in [0.25, 0.3) is 0 Å². The number of anilines is 1. The van der Waals surface area contributed by atoms with Gasteiger partial charge < -0.3 is 29.0 Å². The second-order valence-corrected chi connectivity index (χ2v) is 8.71. The van der Waals surface area contributed by atoms with E-state index < -0.39 is 11.8 Å². The Hall–Kier alpha value is -5.04. The van der Waals surface area contributed by atoms with E-state index >= 15 is 0 Å². The number of urea groups is 1. The zero-order chi connectivity index (χ0) is 28.5. The van der Waals surface area contributed by atoms with Gasteiger partial charge in [0.2, 0.25) is 0 Å². The van der Waals surface area contributed by atoms with Crippen LogP contribution in [0.15, 0.2) is 66.2 Å². The fraction of sp³-hybridized carbons (Fsp3) is 0.222. The van der Waals surface area contributed by atoms with Gasteiger partial charge in [0.1, 0.15) is 29.3 Å². The lowest BCUT2D eigenvalue weighted by atomic mass is 10.2. The third-order valence-corrected chi connectivity index (χ3v) is 5.59. The first-order valence-electron chi connectivity index (χ1n) is 12.1. The summed E-state index contributed by atoms with van der Waals surface area (Å²) < 4.78 is 32.9. The number of carbonyl (C=O) groups excluding carboxylic acids is 1. The number of aromatic nitrogens is 4. The predicted octanol–water partition coefficient (Wildman–Crippen LogP) is 4.01. The highest BCUT2D eigenvalue weighted by atomic mass is 19.1. The van der Waals surface area contributed by atoms with E-state index in [2.05, 4.69) is 35.9 Å². The third kappa shape index (κ3) is 7.29. The van der Waals surface area contributed by atoms with E-state index in [1.54, 1.807) is 50.0 Å². The molecule has 0 unspecified atom stereocenters. The molecule has 40 heavy (non-hydrogen) atoms. The van der Waals surface area contributed by atoms with Crippen LogP contribution in [-0.2, 0) is 6.54 Å². The SMILES string of the molecule is COc1ccc(OC)c(/C=N/NC(=O)Nc2ccc(Oc3ccnc(-c4nncn4CCN(C)C)c3)c(F)c2)c1. The molecule has 0 aliphatic carbocycles. The van der Waals surface area contributed by atoms with Crippen LogP contribution >= 0.6 is 0 Å². The van der Waals surface area contributed by atoms with E-state index in [4.69, 9.17) is 14.2 Å². The number of likely N-dealkylation sites (N-methyl/N-ethyl adjacent to an activating group) is 1. The largest absolute Gasteiger partial charge is 0.497 e. The average molecular weight is 549 g/mol. The lowest BCUT2D eigenvalue weighted by Crippen LogP contribution is -2.24. The maximum atomic E-state index is 14.8. The number of pyridine rings is 1. The Morgan fingerprint density at radius 1 is 1.07 bits per heavy atom. The van der Waals surface area contributed by atoms with Gasteiger partial charge in [0, 0.05) is 42.7 Å². The van der Waals surface area contributed by atoms with Gasteiger partial charge in [0.15, 0.2) is 17.4 Å². The van der Waals surface area contributed by atoms with Gasteiger partial charge in [-0.25, -0.2) is 14.6 Å². The highest BCUT2D eigenvalue weighted by Gasteiger charge is 2.13. The third-order valence-electron chi connectivity index (χ3n) is 5.59. The molecular weight excluding hydrogens is 519 g/mol. The van der Waals surface area contributed by atoms with Gasteiger partial charge in [-0.15, -0.1) is 10.2 Å². The second-order valence-electron chi connectivity index (χ2n) is 8.71. The summed E-state index contributed by atoms with van der Waals surface area (Å²) in [6, 6.07) is 11.8. The van der Waals surface area contributed by atoms with Crippen LogP contribution in [0.25, 0.3) is 11.5 Å². The van der Waals surface area contributed by atoms with Crippen molar-refractivity contribution in [2.75, 3.05) is 40.2 Å². The summed E-state index contributed by atoms with van der Waals surface area (Å²) in [6.07, 6.45) is 4.60. The summed E-state index contributed by atoms with van der Waals surface area (Å²) >= 11 is 0. The molecule has 2 amide bonds. The molecule has 0 radical (unpaired) electrons. The van der Waals surface area contributed by atoms with Crippen LogP contribution in [0, 0.1) is 5.82 Å². The molecule has 0 aliphatic rings. The molecule has 0 saturated carbocycles. The summed E-state index contributed by atoms with van der Waals surface area (Å²) in [4.78, 5) is 18.7. The van der Waals surface area contributed by atoms with Crippen molar-refractivity contribution in [1.29, 1.82) is 0 Å². The van der Waals surface area contributed by atoms with E-state index in [1.807, 2.05) is 18.7 Å². The number of methoxy groups -OCH3 is 2. The minimum atomic E-state index is -0.671. The van der Waals surface area contributed by atoms with E-state index in [9.17, 15) is 9.18 Å². The quantitative estimate of drug-likeness (QED) is 0.213. The van der Waals surface area contributed by atoms with Crippen LogP contribution in [0.1, 0.15) is 5.56 Å². The number of nitrogens with zero attached hydrogens (tertiary/aromatic N) is 6. The maximum Gasteiger partial charge on any atom is 0.339 e. The van der Waals surface area contributed by atoms with Crippen LogP contribution in [0.3, 0.4) is 0 Å². The van der Waals surface area contributed by atoms with Crippen molar-refractivity contribution in [3.63, 3.8) is 0 Å².